The zero-order valence-corrected chi connectivity index (χ0v) is 17.1. The van der Waals surface area contributed by atoms with Crippen LogP contribution in [-0.2, 0) is 14.3 Å². The number of aryl methyl sites for hydroxylation is 1. The molecule has 6 heteroatoms. The van der Waals surface area contributed by atoms with Gasteiger partial charge in [-0.05, 0) is 54.3 Å². The van der Waals surface area contributed by atoms with Gasteiger partial charge in [-0.1, -0.05) is 26.0 Å². The van der Waals surface area contributed by atoms with Crippen molar-refractivity contribution >= 4 is 23.3 Å². The molecule has 0 aliphatic rings. The first-order valence-corrected chi connectivity index (χ1v) is 9.22. The molecule has 2 aromatic carbocycles. The molecule has 0 unspecified atom stereocenters. The Hall–Kier alpha value is -3.02. The summed E-state index contributed by atoms with van der Waals surface area (Å²) < 4.78 is 10.6. The van der Waals surface area contributed by atoms with Crippen LogP contribution in [0, 0.1) is 6.92 Å². The number of carbonyl (C=O) groups excluding carboxylic acids is 2. The van der Waals surface area contributed by atoms with Crippen molar-refractivity contribution in [2.45, 2.75) is 26.7 Å². The third kappa shape index (κ3) is 6.30. The molecular formula is C22H28N2O4. The first kappa shape index (κ1) is 21.3. The molecule has 0 aliphatic heterocycles. The molecule has 0 spiro atoms. The highest BCUT2D eigenvalue weighted by Gasteiger charge is 2.11. The number of rotatable bonds is 8. The lowest BCUT2D eigenvalue weighted by molar-refractivity contribution is -0.149. The maximum atomic E-state index is 11.9. The van der Waals surface area contributed by atoms with Gasteiger partial charge < -0.3 is 19.7 Å². The number of amides is 1. The zero-order chi connectivity index (χ0) is 20.7. The topological polar surface area (TPSA) is 67.9 Å². The molecule has 2 aromatic rings. The maximum Gasteiger partial charge on any atom is 0.344 e. The first-order chi connectivity index (χ1) is 13.3. The highest BCUT2D eigenvalue weighted by molar-refractivity contribution is 5.93. The Bertz CT molecular complexity index is 814. The normalized spacial score (nSPS) is 10.5. The van der Waals surface area contributed by atoms with Crippen molar-refractivity contribution in [2.75, 3.05) is 37.5 Å². The summed E-state index contributed by atoms with van der Waals surface area (Å²) >= 11 is 0. The van der Waals surface area contributed by atoms with Crippen LogP contribution in [0.2, 0.25) is 0 Å². The molecule has 0 saturated heterocycles. The van der Waals surface area contributed by atoms with Gasteiger partial charge in [-0.3, -0.25) is 4.79 Å². The molecule has 0 aliphatic carbocycles. The van der Waals surface area contributed by atoms with E-state index in [-0.39, 0.29) is 13.2 Å². The molecule has 6 nitrogen and oxygen atoms in total. The van der Waals surface area contributed by atoms with Crippen molar-refractivity contribution in [3.05, 3.63) is 53.6 Å². The molecule has 150 valence electrons. The van der Waals surface area contributed by atoms with E-state index in [0.717, 1.165) is 16.8 Å². The monoisotopic (exact) mass is 384 g/mol. The van der Waals surface area contributed by atoms with Crippen molar-refractivity contribution in [1.29, 1.82) is 0 Å². The first-order valence-electron chi connectivity index (χ1n) is 9.22. The highest BCUT2D eigenvalue weighted by Crippen LogP contribution is 2.24. The largest absolute Gasteiger partial charge is 0.482 e. The number of anilines is 2. The van der Waals surface area contributed by atoms with Crippen LogP contribution in [-0.4, -0.2) is 39.2 Å². The van der Waals surface area contributed by atoms with Crippen molar-refractivity contribution < 1.29 is 19.1 Å². The quantitative estimate of drug-likeness (QED) is 0.702. The summed E-state index contributed by atoms with van der Waals surface area (Å²) in [5, 5.41) is 2.69. The van der Waals surface area contributed by atoms with Crippen LogP contribution in [0.25, 0.3) is 0 Å². The number of hydrogen-bond donors (Lipinski definition) is 1. The van der Waals surface area contributed by atoms with Crippen molar-refractivity contribution in [3.63, 3.8) is 0 Å². The Morgan fingerprint density at radius 2 is 1.71 bits per heavy atom. The van der Waals surface area contributed by atoms with Crippen LogP contribution in [0.5, 0.6) is 5.75 Å². The van der Waals surface area contributed by atoms with Gasteiger partial charge in [0.1, 0.15) is 5.75 Å². The summed E-state index contributed by atoms with van der Waals surface area (Å²) in [5.41, 5.74) is 3.74. The fraction of sp³-hybridized carbons (Fsp3) is 0.364. The molecule has 0 atom stereocenters. The van der Waals surface area contributed by atoms with E-state index in [1.54, 1.807) is 12.1 Å². The SMILES string of the molecule is Cc1ccc(C(C)C)cc1OCC(=O)OCC(=O)Nc1ccc(N(C)C)cc1. The average Bonchev–Trinajstić information content (AvgIpc) is 2.66. The molecule has 1 N–H and O–H groups in total. The molecule has 28 heavy (non-hydrogen) atoms. The molecule has 0 fully saturated rings. The standard InChI is InChI=1S/C22H28N2O4/c1-15(2)17-7-6-16(3)20(12-17)27-14-22(26)28-13-21(25)23-18-8-10-19(11-9-18)24(4)5/h6-12,15H,13-14H2,1-5H3,(H,23,25). The molecule has 0 heterocycles. The van der Waals surface area contributed by atoms with E-state index in [4.69, 9.17) is 9.47 Å². The van der Waals surface area contributed by atoms with E-state index in [1.807, 2.05) is 56.3 Å². The van der Waals surface area contributed by atoms with Gasteiger partial charge in [0.2, 0.25) is 0 Å². The van der Waals surface area contributed by atoms with Crippen LogP contribution in [0.15, 0.2) is 42.5 Å². The number of nitrogens with zero attached hydrogens (tertiary/aromatic N) is 1. The van der Waals surface area contributed by atoms with Crippen LogP contribution >= 0.6 is 0 Å². The lowest BCUT2D eigenvalue weighted by atomic mass is 10.0. The van der Waals surface area contributed by atoms with Gasteiger partial charge in [0, 0.05) is 25.5 Å². The third-order valence-corrected chi connectivity index (χ3v) is 4.26. The molecule has 0 aromatic heterocycles. The smallest absolute Gasteiger partial charge is 0.344 e. The van der Waals surface area contributed by atoms with Crippen LogP contribution < -0.4 is 15.0 Å². The molecule has 0 radical (unpaired) electrons. The Labute approximate surface area is 166 Å². The van der Waals surface area contributed by atoms with E-state index >= 15 is 0 Å². The van der Waals surface area contributed by atoms with Crippen LogP contribution in [0.4, 0.5) is 11.4 Å². The number of carbonyl (C=O) groups is 2. The van der Waals surface area contributed by atoms with Crippen LogP contribution in [0.3, 0.4) is 0 Å². The van der Waals surface area contributed by atoms with E-state index < -0.39 is 11.9 Å². The fourth-order valence-corrected chi connectivity index (χ4v) is 2.50. The van der Waals surface area contributed by atoms with E-state index in [9.17, 15) is 9.59 Å². The summed E-state index contributed by atoms with van der Waals surface area (Å²) in [6.45, 7) is 5.50. The number of esters is 1. The average molecular weight is 384 g/mol. The molecular weight excluding hydrogens is 356 g/mol. The molecule has 1 amide bonds. The second-order valence-corrected chi connectivity index (χ2v) is 7.12. The van der Waals surface area contributed by atoms with Crippen molar-refractivity contribution in [2.24, 2.45) is 0 Å². The number of benzene rings is 2. The third-order valence-electron chi connectivity index (χ3n) is 4.26. The zero-order valence-electron chi connectivity index (χ0n) is 17.1. The van der Waals surface area contributed by atoms with Gasteiger partial charge in [-0.25, -0.2) is 4.79 Å². The van der Waals surface area contributed by atoms with E-state index in [2.05, 4.69) is 19.2 Å². The maximum absolute atomic E-state index is 11.9. The van der Waals surface area contributed by atoms with Gasteiger partial charge in [-0.15, -0.1) is 0 Å². The Kier molecular flexibility index (Phi) is 7.44. The van der Waals surface area contributed by atoms with Gasteiger partial charge in [0.15, 0.2) is 13.2 Å². The minimum absolute atomic E-state index is 0.243. The van der Waals surface area contributed by atoms with E-state index in [1.165, 1.54) is 0 Å². The number of hydrogen-bond acceptors (Lipinski definition) is 5. The minimum Gasteiger partial charge on any atom is -0.482 e. The molecule has 2 rings (SSSR count). The van der Waals surface area contributed by atoms with Crippen molar-refractivity contribution in [3.8, 4) is 5.75 Å². The van der Waals surface area contributed by atoms with E-state index in [0.29, 0.717) is 17.4 Å². The van der Waals surface area contributed by atoms with Gasteiger partial charge in [0.25, 0.3) is 5.91 Å². The highest BCUT2D eigenvalue weighted by atomic mass is 16.6. The molecule has 0 bridgehead atoms. The fourth-order valence-electron chi connectivity index (χ4n) is 2.50. The Morgan fingerprint density at radius 1 is 1.04 bits per heavy atom. The number of nitrogens with one attached hydrogen (secondary N) is 1. The van der Waals surface area contributed by atoms with Gasteiger partial charge in [-0.2, -0.15) is 0 Å². The summed E-state index contributed by atoms with van der Waals surface area (Å²) in [5.74, 6) is 0.0235. The lowest BCUT2D eigenvalue weighted by Gasteiger charge is -2.13. The second-order valence-electron chi connectivity index (χ2n) is 7.12. The predicted octanol–water partition coefficient (Wildman–Crippen LogP) is 3.75. The van der Waals surface area contributed by atoms with Gasteiger partial charge >= 0.3 is 5.97 Å². The number of ether oxygens (including phenoxy) is 2. The summed E-state index contributed by atoms with van der Waals surface area (Å²) in [6, 6.07) is 13.3. The summed E-state index contributed by atoms with van der Waals surface area (Å²) in [6.07, 6.45) is 0. The van der Waals surface area contributed by atoms with Crippen molar-refractivity contribution in [1.82, 2.24) is 0 Å². The molecule has 0 saturated carbocycles. The Balaban J connectivity index is 1.79. The lowest BCUT2D eigenvalue weighted by Crippen LogP contribution is -2.23. The van der Waals surface area contributed by atoms with Gasteiger partial charge in [0.05, 0.1) is 0 Å². The minimum atomic E-state index is -0.590. The Morgan fingerprint density at radius 3 is 2.32 bits per heavy atom. The predicted molar refractivity (Wildman–Crippen MR) is 111 cm³/mol. The summed E-state index contributed by atoms with van der Waals surface area (Å²) in [7, 11) is 3.88. The van der Waals surface area contributed by atoms with Crippen LogP contribution in [0.1, 0.15) is 30.9 Å². The second kappa shape index (κ2) is 9.78. The summed E-state index contributed by atoms with van der Waals surface area (Å²) in [4.78, 5) is 25.8.